The first kappa shape index (κ1) is 30.7. The van der Waals surface area contributed by atoms with Gasteiger partial charge in [-0.3, -0.25) is 14.4 Å². The molecule has 40 heavy (non-hydrogen) atoms. The molecule has 2 heterocycles. The quantitative estimate of drug-likeness (QED) is 0.140. The van der Waals surface area contributed by atoms with Gasteiger partial charge in [0.1, 0.15) is 18.1 Å². The third-order valence-corrected chi connectivity index (χ3v) is 7.18. The number of carboxylic acid groups (broad SMARTS) is 1. The maximum absolute atomic E-state index is 13.5. The van der Waals surface area contributed by atoms with Crippen molar-refractivity contribution < 1.29 is 24.3 Å². The highest BCUT2D eigenvalue weighted by atomic mass is 32.2. The smallest absolute Gasteiger partial charge is 0.326 e. The average Bonchev–Trinajstić information content (AvgIpc) is 3.58. The van der Waals surface area contributed by atoms with E-state index in [9.17, 15) is 24.3 Å². The van der Waals surface area contributed by atoms with Gasteiger partial charge in [0.15, 0.2) is 0 Å². The molecule has 0 saturated heterocycles. The summed E-state index contributed by atoms with van der Waals surface area (Å²) in [6.07, 6.45) is 7.32. The number of imidazole rings is 1. The second-order valence-electron chi connectivity index (χ2n) is 9.92. The molecule has 3 amide bonds. The number of aromatic amines is 2. The summed E-state index contributed by atoms with van der Waals surface area (Å²) in [6, 6.07) is 3.43. The number of amides is 3. The van der Waals surface area contributed by atoms with Gasteiger partial charge >= 0.3 is 5.97 Å². The second-order valence-corrected chi connectivity index (χ2v) is 10.9. The van der Waals surface area contributed by atoms with Gasteiger partial charge in [-0.05, 0) is 36.0 Å². The summed E-state index contributed by atoms with van der Waals surface area (Å²) in [7, 11) is 0. The number of fused-ring (bicyclic) bond motifs is 1. The predicted octanol–water partition coefficient (Wildman–Crippen LogP) is 0.952. The molecule has 0 spiro atoms. The Bertz CT molecular complexity index is 1290. The molecule has 216 valence electrons. The number of rotatable bonds is 15. The van der Waals surface area contributed by atoms with E-state index in [0.29, 0.717) is 17.9 Å². The Kier molecular flexibility index (Phi) is 11.1. The van der Waals surface area contributed by atoms with Crippen LogP contribution in [0.25, 0.3) is 10.9 Å². The van der Waals surface area contributed by atoms with Crippen LogP contribution in [0.15, 0.2) is 43.0 Å². The molecule has 4 unspecified atom stereocenters. The summed E-state index contributed by atoms with van der Waals surface area (Å²) in [5.41, 5.74) is 8.39. The summed E-state index contributed by atoms with van der Waals surface area (Å²) < 4.78 is 0. The molecule has 0 aliphatic heterocycles. The summed E-state index contributed by atoms with van der Waals surface area (Å²) in [6.45, 7) is 3.37. The highest BCUT2D eigenvalue weighted by Crippen LogP contribution is 2.19. The van der Waals surface area contributed by atoms with Gasteiger partial charge in [0.2, 0.25) is 17.7 Å². The first-order valence-corrected chi connectivity index (χ1v) is 14.4. The van der Waals surface area contributed by atoms with Crippen molar-refractivity contribution in [3.05, 3.63) is 54.2 Å². The fourth-order valence-electron chi connectivity index (χ4n) is 4.28. The van der Waals surface area contributed by atoms with E-state index < -0.39 is 47.9 Å². The van der Waals surface area contributed by atoms with Gasteiger partial charge in [-0.15, -0.1) is 0 Å². The van der Waals surface area contributed by atoms with E-state index in [1.807, 2.05) is 30.5 Å². The number of carbonyl (C=O) groups is 4. The molecular formula is C27H37N7O5S. The van der Waals surface area contributed by atoms with E-state index in [1.165, 1.54) is 18.1 Å². The van der Waals surface area contributed by atoms with Crippen molar-refractivity contribution in [1.82, 2.24) is 30.9 Å². The Balaban J connectivity index is 1.81. The van der Waals surface area contributed by atoms with Crippen LogP contribution in [0.3, 0.4) is 0 Å². The molecular weight excluding hydrogens is 534 g/mol. The standard InChI is InChI=1S/C27H37N7O5S/c1-15(2)23(27(38)39)34-26(37)22(10-16-12-30-20-7-5-4-6-18(16)20)33-25(36)21(8-9-40-3)32-24(35)19(28)11-17-13-29-14-31-17/h4-7,12-15,19,21-23,30H,8-11,28H2,1-3H3,(H,29,31)(H,32,35)(H,33,36)(H,34,37)(H,38,39). The first-order valence-electron chi connectivity index (χ1n) is 13.0. The lowest BCUT2D eigenvalue weighted by Crippen LogP contribution is -2.58. The minimum atomic E-state index is -1.17. The van der Waals surface area contributed by atoms with Crippen molar-refractivity contribution in [2.24, 2.45) is 11.7 Å². The van der Waals surface area contributed by atoms with Crippen LogP contribution in [-0.2, 0) is 32.0 Å². The zero-order valence-electron chi connectivity index (χ0n) is 22.8. The van der Waals surface area contributed by atoms with E-state index >= 15 is 0 Å². The number of carboxylic acids is 1. The lowest BCUT2D eigenvalue weighted by atomic mass is 10.0. The Hall–Kier alpha value is -3.84. The lowest BCUT2D eigenvalue weighted by Gasteiger charge is -2.26. The van der Waals surface area contributed by atoms with Crippen LogP contribution in [0.4, 0.5) is 0 Å². The highest BCUT2D eigenvalue weighted by molar-refractivity contribution is 7.98. The van der Waals surface area contributed by atoms with Crippen molar-refractivity contribution in [1.29, 1.82) is 0 Å². The van der Waals surface area contributed by atoms with E-state index in [1.54, 1.807) is 26.2 Å². The Labute approximate surface area is 236 Å². The monoisotopic (exact) mass is 571 g/mol. The van der Waals surface area contributed by atoms with E-state index in [-0.39, 0.29) is 18.8 Å². The minimum Gasteiger partial charge on any atom is -0.480 e. The molecule has 0 fully saturated rings. The summed E-state index contributed by atoms with van der Waals surface area (Å²) in [5, 5.41) is 18.5. The van der Waals surface area contributed by atoms with Gasteiger partial charge in [0, 0.05) is 41.8 Å². The molecule has 13 heteroatoms. The Morgan fingerprint density at radius 1 is 1.00 bits per heavy atom. The van der Waals surface area contributed by atoms with Gasteiger partial charge in [0.25, 0.3) is 0 Å². The van der Waals surface area contributed by atoms with Crippen LogP contribution in [0, 0.1) is 5.92 Å². The van der Waals surface area contributed by atoms with Crippen LogP contribution >= 0.6 is 11.8 Å². The number of benzene rings is 1. The van der Waals surface area contributed by atoms with Crippen molar-refractivity contribution in [2.45, 2.75) is 57.3 Å². The lowest BCUT2D eigenvalue weighted by molar-refractivity contribution is -0.143. The fraction of sp³-hybridized carbons (Fsp3) is 0.444. The Morgan fingerprint density at radius 3 is 2.35 bits per heavy atom. The minimum absolute atomic E-state index is 0.106. The largest absolute Gasteiger partial charge is 0.480 e. The number of aliphatic carboxylic acids is 1. The van der Waals surface area contributed by atoms with Crippen molar-refractivity contribution in [3.8, 4) is 0 Å². The van der Waals surface area contributed by atoms with Gasteiger partial charge < -0.3 is 36.8 Å². The number of para-hydroxylation sites is 1. The molecule has 12 nitrogen and oxygen atoms in total. The van der Waals surface area contributed by atoms with E-state index in [0.717, 1.165) is 16.5 Å². The zero-order valence-corrected chi connectivity index (χ0v) is 23.6. The van der Waals surface area contributed by atoms with Crippen molar-refractivity contribution in [3.63, 3.8) is 0 Å². The molecule has 0 aliphatic rings. The van der Waals surface area contributed by atoms with Crippen LogP contribution in [0.2, 0.25) is 0 Å². The molecule has 3 rings (SSSR count). The molecule has 1 aromatic carbocycles. The third kappa shape index (κ3) is 8.33. The van der Waals surface area contributed by atoms with Crippen LogP contribution in [0.5, 0.6) is 0 Å². The zero-order chi connectivity index (χ0) is 29.2. The number of H-pyrrole nitrogens is 2. The molecule has 3 aromatic rings. The van der Waals surface area contributed by atoms with Gasteiger partial charge in [0.05, 0.1) is 12.4 Å². The average molecular weight is 572 g/mol. The third-order valence-electron chi connectivity index (χ3n) is 6.54. The van der Waals surface area contributed by atoms with Crippen LogP contribution in [0.1, 0.15) is 31.5 Å². The number of carbonyl (C=O) groups excluding carboxylic acids is 3. The van der Waals surface area contributed by atoms with Gasteiger partial charge in [-0.25, -0.2) is 9.78 Å². The van der Waals surface area contributed by atoms with Crippen molar-refractivity contribution in [2.75, 3.05) is 12.0 Å². The topological polar surface area (TPSA) is 195 Å². The number of nitrogens with one attached hydrogen (secondary N) is 5. The maximum atomic E-state index is 13.5. The summed E-state index contributed by atoms with van der Waals surface area (Å²) in [5.74, 6) is -2.69. The summed E-state index contributed by atoms with van der Waals surface area (Å²) >= 11 is 1.51. The predicted molar refractivity (Wildman–Crippen MR) is 154 cm³/mol. The Morgan fingerprint density at radius 2 is 1.70 bits per heavy atom. The molecule has 0 bridgehead atoms. The number of aromatic nitrogens is 3. The molecule has 0 radical (unpaired) electrons. The number of thioether (sulfide) groups is 1. The summed E-state index contributed by atoms with van der Waals surface area (Å²) in [4.78, 5) is 61.5. The number of hydrogen-bond acceptors (Lipinski definition) is 7. The maximum Gasteiger partial charge on any atom is 0.326 e. The number of hydrogen-bond donors (Lipinski definition) is 7. The fourth-order valence-corrected chi connectivity index (χ4v) is 4.75. The number of nitrogens with two attached hydrogens (primary N) is 1. The van der Waals surface area contributed by atoms with Gasteiger partial charge in [-0.2, -0.15) is 11.8 Å². The highest BCUT2D eigenvalue weighted by Gasteiger charge is 2.32. The normalized spacial score (nSPS) is 14.3. The molecule has 0 saturated carbocycles. The van der Waals surface area contributed by atoms with Gasteiger partial charge in [-0.1, -0.05) is 32.0 Å². The number of nitrogens with zero attached hydrogens (tertiary/aromatic N) is 1. The molecule has 2 aromatic heterocycles. The SMILES string of the molecule is CSCCC(NC(=O)C(N)Cc1cnc[nH]1)C(=O)NC(Cc1c[nH]c2ccccc12)C(=O)NC(C(=O)O)C(C)C. The van der Waals surface area contributed by atoms with Crippen molar-refractivity contribution >= 4 is 46.4 Å². The first-order chi connectivity index (χ1) is 19.1. The molecule has 0 aliphatic carbocycles. The van der Waals surface area contributed by atoms with Crippen LogP contribution < -0.4 is 21.7 Å². The van der Waals surface area contributed by atoms with Crippen LogP contribution in [-0.4, -0.2) is 79.9 Å². The van der Waals surface area contributed by atoms with E-state index in [4.69, 9.17) is 5.73 Å². The second kappa shape index (κ2) is 14.5. The van der Waals surface area contributed by atoms with E-state index in [2.05, 4.69) is 30.9 Å². The molecule has 8 N–H and O–H groups in total. The molecule has 4 atom stereocenters.